The molecule has 1 atom stereocenters. The summed E-state index contributed by atoms with van der Waals surface area (Å²) in [6.45, 7) is 2.20. The predicted octanol–water partition coefficient (Wildman–Crippen LogP) is 3.48. The van der Waals surface area contributed by atoms with Crippen LogP contribution in [0.1, 0.15) is 29.3 Å². The summed E-state index contributed by atoms with van der Waals surface area (Å²) in [6, 6.07) is 23.4. The first kappa shape index (κ1) is 21.5. The number of carboxylic acid groups (broad SMARTS) is 1. The molecular weight excluding hydrogens is 415 g/mol. The van der Waals surface area contributed by atoms with Gasteiger partial charge in [0.15, 0.2) is 0 Å². The van der Waals surface area contributed by atoms with Crippen LogP contribution in [-0.4, -0.2) is 34.2 Å². The molecule has 3 aromatic carbocycles. The molecule has 1 unspecified atom stereocenters. The molecule has 0 bridgehead atoms. The second-order valence-electron chi connectivity index (χ2n) is 5.94. The van der Waals surface area contributed by atoms with E-state index in [1.165, 1.54) is 16.9 Å². The van der Waals surface area contributed by atoms with Gasteiger partial charge in [-0.05, 0) is 0 Å². The number of carbonyl (C=O) groups excluding carboxylic acids is 1. The molecule has 28 heavy (non-hydrogen) atoms. The fourth-order valence-electron chi connectivity index (χ4n) is 2.52. The van der Waals surface area contributed by atoms with Crippen LogP contribution in [0.25, 0.3) is 11.1 Å². The minimum absolute atomic E-state index is 0.295. The Balaban J connectivity index is 0.000000640. The fourth-order valence-corrected chi connectivity index (χ4v) is 3.15. The van der Waals surface area contributed by atoms with Crippen LogP contribution >= 0.6 is 0 Å². The van der Waals surface area contributed by atoms with Crippen LogP contribution in [0.15, 0.2) is 72.8 Å². The molecule has 0 radical (unpaired) electrons. The van der Waals surface area contributed by atoms with Crippen molar-refractivity contribution in [1.29, 1.82) is 0 Å². The van der Waals surface area contributed by atoms with E-state index in [9.17, 15) is 14.7 Å². The second kappa shape index (κ2) is 11.1. The number of rotatable bonds is 6. The van der Waals surface area contributed by atoms with Crippen LogP contribution in [-0.2, 0) is 11.4 Å². The number of aldehydes is 1. The second-order valence-corrected chi connectivity index (χ2v) is 7.25. The first-order chi connectivity index (χ1) is 13.6. The topological polar surface area (TPSA) is 63.6 Å². The summed E-state index contributed by atoms with van der Waals surface area (Å²) in [6.07, 6.45) is 1.51. The van der Waals surface area contributed by atoms with Gasteiger partial charge in [-0.3, -0.25) is 0 Å². The van der Waals surface area contributed by atoms with Gasteiger partial charge in [0.05, 0.1) is 0 Å². The van der Waals surface area contributed by atoms with E-state index in [1.807, 2.05) is 49.4 Å². The van der Waals surface area contributed by atoms with Gasteiger partial charge in [-0.15, -0.1) is 0 Å². The monoisotopic (exact) mass is 438 g/mol. The molecule has 144 valence electrons. The molecule has 5 heteroatoms. The molecule has 0 aliphatic carbocycles. The van der Waals surface area contributed by atoms with Crippen molar-refractivity contribution in [3.63, 3.8) is 0 Å². The van der Waals surface area contributed by atoms with Gasteiger partial charge in [0, 0.05) is 6.42 Å². The van der Waals surface area contributed by atoms with Crippen LogP contribution in [0.3, 0.4) is 0 Å². The molecule has 0 saturated carbocycles. The van der Waals surface area contributed by atoms with Gasteiger partial charge >= 0.3 is 149 Å². The van der Waals surface area contributed by atoms with Gasteiger partial charge in [-0.25, -0.2) is 0 Å². The average molecular weight is 438 g/mol. The Bertz CT molecular complexity index is 923. The molecule has 0 saturated heterocycles. The number of hydrogen-bond acceptors (Lipinski definition) is 3. The number of hydrogen-bond donors (Lipinski definition) is 1. The molecule has 0 aliphatic rings. The van der Waals surface area contributed by atoms with Crippen molar-refractivity contribution < 1.29 is 19.4 Å². The normalized spacial score (nSPS) is 9.79. The molecule has 3 aromatic rings. The maximum atomic E-state index is 11.2. The zero-order valence-corrected chi connectivity index (χ0v) is 18.1. The number of benzene rings is 3. The Morgan fingerprint density at radius 2 is 1.68 bits per heavy atom. The summed E-state index contributed by atoms with van der Waals surface area (Å²) in [5.74, 6) is -0.360. The van der Waals surface area contributed by atoms with Crippen molar-refractivity contribution in [1.82, 2.24) is 0 Å². The van der Waals surface area contributed by atoms with Crippen molar-refractivity contribution in [3.8, 4) is 16.9 Å². The summed E-state index contributed by atoms with van der Waals surface area (Å²) in [7, 11) is 0. The quantitative estimate of drug-likeness (QED) is 0.473. The molecule has 0 fully saturated rings. The Hall–Kier alpha value is -2.84. The SMILES string of the molecule is CCC=O.O=C(O)c1cc(OCc2ccccc2-c2ccccc2)ccc1[AsH2]. The standard InChI is InChI=1S/C20H17AsO3.C3H6O/c21-19-11-10-16(12-18(19)20(22)23)24-13-15-8-4-5-9-17(15)14-6-2-1-3-7-14;1-2-3-4/h1-12H,13,21H2,(H,22,23);3H,2H2,1H3. The maximum absolute atomic E-state index is 11.2. The molecule has 0 amide bonds. The molecule has 4 nitrogen and oxygen atoms in total. The summed E-state index contributed by atoms with van der Waals surface area (Å²) in [5, 5.41) is 9.22. The van der Waals surface area contributed by atoms with E-state index in [0.29, 0.717) is 24.3 Å². The number of aromatic carboxylic acids is 1. The van der Waals surface area contributed by atoms with Crippen molar-refractivity contribution in [3.05, 3.63) is 83.9 Å². The predicted molar refractivity (Wildman–Crippen MR) is 114 cm³/mol. The van der Waals surface area contributed by atoms with E-state index in [1.54, 1.807) is 12.1 Å². The van der Waals surface area contributed by atoms with Gasteiger partial charge < -0.3 is 4.79 Å². The van der Waals surface area contributed by atoms with E-state index in [0.717, 1.165) is 27.3 Å². The summed E-state index contributed by atoms with van der Waals surface area (Å²) in [5.41, 5.74) is 3.61. The van der Waals surface area contributed by atoms with Gasteiger partial charge in [-0.1, -0.05) is 6.92 Å². The van der Waals surface area contributed by atoms with E-state index >= 15 is 0 Å². The van der Waals surface area contributed by atoms with E-state index in [-0.39, 0.29) is 0 Å². The Morgan fingerprint density at radius 1 is 1.04 bits per heavy atom. The third-order valence-electron chi connectivity index (χ3n) is 3.92. The Morgan fingerprint density at radius 3 is 2.32 bits per heavy atom. The van der Waals surface area contributed by atoms with Crippen molar-refractivity contribution >= 4 is 33.5 Å². The number of ether oxygens (including phenoxy) is 1. The molecular formula is C23H23AsO4. The summed E-state index contributed by atoms with van der Waals surface area (Å²) in [4.78, 5) is 20.4. The third kappa shape index (κ3) is 6.10. The first-order valence-electron chi connectivity index (χ1n) is 8.89. The first-order valence-corrected chi connectivity index (χ1v) is 10.1. The van der Waals surface area contributed by atoms with E-state index in [2.05, 4.69) is 18.2 Å². The van der Waals surface area contributed by atoms with Gasteiger partial charge in [-0.2, -0.15) is 0 Å². The molecule has 0 heterocycles. The van der Waals surface area contributed by atoms with Crippen LogP contribution < -0.4 is 9.09 Å². The van der Waals surface area contributed by atoms with Crippen molar-refractivity contribution in [2.24, 2.45) is 0 Å². The summed E-state index contributed by atoms with van der Waals surface area (Å²) < 4.78 is 6.63. The van der Waals surface area contributed by atoms with Crippen LogP contribution in [0.2, 0.25) is 0 Å². The summed E-state index contributed by atoms with van der Waals surface area (Å²) >= 11 is 1.29. The minimum atomic E-state index is -0.926. The van der Waals surface area contributed by atoms with E-state index in [4.69, 9.17) is 4.74 Å². The zero-order valence-electron chi connectivity index (χ0n) is 15.7. The molecule has 0 spiro atoms. The number of carboxylic acids is 1. The average Bonchev–Trinajstić information content (AvgIpc) is 2.74. The Kier molecular flexibility index (Phi) is 8.51. The van der Waals surface area contributed by atoms with Crippen LogP contribution in [0.4, 0.5) is 0 Å². The van der Waals surface area contributed by atoms with Crippen LogP contribution in [0, 0.1) is 0 Å². The van der Waals surface area contributed by atoms with Crippen LogP contribution in [0.5, 0.6) is 5.75 Å². The van der Waals surface area contributed by atoms with Gasteiger partial charge in [0.2, 0.25) is 0 Å². The van der Waals surface area contributed by atoms with Crippen molar-refractivity contribution in [2.75, 3.05) is 0 Å². The fraction of sp³-hybridized carbons (Fsp3) is 0.130. The number of carbonyl (C=O) groups is 2. The Labute approximate surface area is 173 Å². The zero-order chi connectivity index (χ0) is 20.4. The van der Waals surface area contributed by atoms with E-state index < -0.39 is 5.97 Å². The molecule has 0 aliphatic heterocycles. The molecule has 1 N–H and O–H groups in total. The molecule has 0 aromatic heterocycles. The third-order valence-corrected chi connectivity index (χ3v) is 4.97. The van der Waals surface area contributed by atoms with Gasteiger partial charge in [0.1, 0.15) is 6.29 Å². The van der Waals surface area contributed by atoms with Gasteiger partial charge in [0.25, 0.3) is 0 Å². The molecule has 3 rings (SSSR count). The van der Waals surface area contributed by atoms with Crippen molar-refractivity contribution in [2.45, 2.75) is 20.0 Å².